The van der Waals surface area contributed by atoms with Gasteiger partial charge in [0.1, 0.15) is 5.75 Å². The Hall–Kier alpha value is -2.14. The topological polar surface area (TPSA) is 61.0 Å². The minimum Gasteiger partial charge on any atom is -0.438 e. The van der Waals surface area contributed by atoms with Gasteiger partial charge in [-0.25, -0.2) is 4.98 Å². The minimum absolute atomic E-state index is 0.189. The second-order valence-electron chi connectivity index (χ2n) is 3.95. The quantitative estimate of drug-likeness (QED) is 0.782. The van der Waals surface area contributed by atoms with E-state index in [1.54, 1.807) is 12.3 Å². The third-order valence-electron chi connectivity index (χ3n) is 2.69. The summed E-state index contributed by atoms with van der Waals surface area (Å²) in [7, 11) is 0. The Kier molecular flexibility index (Phi) is 3.05. The van der Waals surface area contributed by atoms with E-state index in [1.165, 1.54) is 0 Å². The largest absolute Gasteiger partial charge is 0.438 e. The van der Waals surface area contributed by atoms with Crippen LogP contribution in [0, 0.1) is 0 Å². The monoisotopic (exact) mass is 315 g/mol. The fourth-order valence-electron chi connectivity index (χ4n) is 1.82. The molecule has 0 aliphatic heterocycles. The lowest BCUT2D eigenvalue weighted by Crippen LogP contribution is -1.96. The Morgan fingerprint density at radius 2 is 1.89 bits per heavy atom. The van der Waals surface area contributed by atoms with E-state index in [0.717, 1.165) is 15.2 Å². The Balaban J connectivity index is 2.04. The van der Waals surface area contributed by atoms with Gasteiger partial charge in [-0.1, -0.05) is 30.3 Å². The number of ether oxygens (including phenoxy) is 1. The van der Waals surface area contributed by atoms with Crippen LogP contribution in [0.4, 0.5) is 5.95 Å². The average molecular weight is 316 g/mol. The molecule has 0 aliphatic carbocycles. The van der Waals surface area contributed by atoms with Crippen LogP contribution in [0.25, 0.3) is 10.8 Å². The molecule has 0 saturated carbocycles. The van der Waals surface area contributed by atoms with E-state index >= 15 is 0 Å². The maximum absolute atomic E-state index is 5.72. The van der Waals surface area contributed by atoms with Crippen molar-refractivity contribution >= 4 is 32.7 Å². The fraction of sp³-hybridized carbons (Fsp3) is 0. The van der Waals surface area contributed by atoms with E-state index < -0.39 is 0 Å². The molecule has 0 aliphatic rings. The van der Waals surface area contributed by atoms with Gasteiger partial charge in [-0.05, 0) is 32.8 Å². The molecule has 94 valence electrons. The van der Waals surface area contributed by atoms with Crippen molar-refractivity contribution in [3.63, 3.8) is 0 Å². The summed E-state index contributed by atoms with van der Waals surface area (Å²) in [6.45, 7) is 0. The molecule has 3 rings (SSSR count). The van der Waals surface area contributed by atoms with Crippen LogP contribution in [0.15, 0.2) is 53.1 Å². The van der Waals surface area contributed by atoms with Gasteiger partial charge in [0.05, 0.1) is 4.47 Å². The number of nitrogen functional groups attached to an aromatic ring is 1. The molecule has 4 nitrogen and oxygen atoms in total. The van der Waals surface area contributed by atoms with E-state index in [9.17, 15) is 0 Å². The molecular weight excluding hydrogens is 306 g/mol. The molecule has 0 radical (unpaired) electrons. The van der Waals surface area contributed by atoms with Gasteiger partial charge < -0.3 is 10.5 Å². The zero-order valence-corrected chi connectivity index (χ0v) is 11.5. The molecule has 1 aromatic heterocycles. The van der Waals surface area contributed by atoms with Crippen LogP contribution < -0.4 is 10.5 Å². The number of anilines is 1. The van der Waals surface area contributed by atoms with Gasteiger partial charge in [0.25, 0.3) is 0 Å². The van der Waals surface area contributed by atoms with Gasteiger partial charge in [-0.2, -0.15) is 4.98 Å². The standard InChI is InChI=1S/C14H10BrN3O/c15-13-10-4-2-1-3-9(10)5-6-11(13)19-12-7-8-17-14(16)18-12/h1-8H,(H2,16,17,18). The zero-order valence-electron chi connectivity index (χ0n) is 9.88. The Labute approximate surface area is 118 Å². The third kappa shape index (κ3) is 2.37. The molecule has 19 heavy (non-hydrogen) atoms. The van der Waals surface area contributed by atoms with Gasteiger partial charge >= 0.3 is 0 Å². The number of halogens is 1. The van der Waals surface area contributed by atoms with E-state index in [-0.39, 0.29) is 5.95 Å². The highest BCUT2D eigenvalue weighted by Gasteiger charge is 2.07. The number of hydrogen-bond acceptors (Lipinski definition) is 4. The summed E-state index contributed by atoms with van der Waals surface area (Å²) < 4.78 is 6.61. The molecule has 0 fully saturated rings. The van der Waals surface area contributed by atoms with Crippen LogP contribution >= 0.6 is 15.9 Å². The normalized spacial score (nSPS) is 10.6. The summed E-state index contributed by atoms with van der Waals surface area (Å²) in [5.41, 5.74) is 5.53. The van der Waals surface area contributed by atoms with E-state index in [1.807, 2.05) is 36.4 Å². The molecule has 0 amide bonds. The smallest absolute Gasteiger partial charge is 0.224 e. The Bertz CT molecular complexity index is 746. The zero-order chi connectivity index (χ0) is 13.2. The van der Waals surface area contributed by atoms with Crippen molar-refractivity contribution in [2.75, 3.05) is 5.73 Å². The maximum Gasteiger partial charge on any atom is 0.224 e. The molecule has 5 heteroatoms. The highest BCUT2D eigenvalue weighted by Crippen LogP contribution is 2.35. The van der Waals surface area contributed by atoms with E-state index in [4.69, 9.17) is 10.5 Å². The molecule has 3 aromatic rings. The first-order chi connectivity index (χ1) is 9.24. The lowest BCUT2D eigenvalue weighted by molar-refractivity contribution is 0.460. The molecule has 0 unspecified atom stereocenters. The minimum atomic E-state index is 0.189. The predicted molar refractivity (Wildman–Crippen MR) is 78.2 cm³/mol. The highest BCUT2D eigenvalue weighted by atomic mass is 79.9. The predicted octanol–water partition coefficient (Wildman–Crippen LogP) is 3.77. The molecule has 1 heterocycles. The Morgan fingerprint density at radius 1 is 1.05 bits per heavy atom. The number of nitrogens with zero attached hydrogens (tertiary/aromatic N) is 2. The molecule has 2 N–H and O–H groups in total. The van der Waals surface area contributed by atoms with Crippen molar-refractivity contribution in [2.24, 2.45) is 0 Å². The van der Waals surface area contributed by atoms with Crippen LogP contribution in [0.2, 0.25) is 0 Å². The number of nitrogens with two attached hydrogens (primary N) is 1. The summed E-state index contributed by atoms with van der Waals surface area (Å²) in [6.07, 6.45) is 1.56. The molecule has 0 atom stereocenters. The summed E-state index contributed by atoms with van der Waals surface area (Å²) in [4.78, 5) is 7.84. The first-order valence-corrected chi connectivity index (χ1v) is 6.47. The lowest BCUT2D eigenvalue weighted by atomic mass is 10.1. The number of hydrogen-bond donors (Lipinski definition) is 1. The highest BCUT2D eigenvalue weighted by molar-refractivity contribution is 9.10. The van der Waals surface area contributed by atoms with Crippen LogP contribution in [-0.4, -0.2) is 9.97 Å². The molecule has 2 aromatic carbocycles. The molecular formula is C14H10BrN3O. The van der Waals surface area contributed by atoms with Gasteiger partial charge in [0, 0.05) is 12.3 Å². The second-order valence-corrected chi connectivity index (χ2v) is 4.75. The van der Waals surface area contributed by atoms with Gasteiger partial charge in [-0.15, -0.1) is 0 Å². The molecule has 0 saturated heterocycles. The average Bonchev–Trinajstić information content (AvgIpc) is 2.42. The van der Waals surface area contributed by atoms with Gasteiger partial charge in [0.2, 0.25) is 11.8 Å². The van der Waals surface area contributed by atoms with Crippen LogP contribution in [-0.2, 0) is 0 Å². The maximum atomic E-state index is 5.72. The number of rotatable bonds is 2. The van der Waals surface area contributed by atoms with Crippen LogP contribution in [0.3, 0.4) is 0 Å². The summed E-state index contributed by atoms with van der Waals surface area (Å²) in [5, 5.41) is 2.23. The summed E-state index contributed by atoms with van der Waals surface area (Å²) >= 11 is 3.56. The Morgan fingerprint density at radius 3 is 2.74 bits per heavy atom. The van der Waals surface area contributed by atoms with Crippen molar-refractivity contribution in [3.8, 4) is 11.6 Å². The van der Waals surface area contributed by atoms with Crippen LogP contribution in [0.1, 0.15) is 0 Å². The van der Waals surface area contributed by atoms with Crippen molar-refractivity contribution in [1.29, 1.82) is 0 Å². The SMILES string of the molecule is Nc1nccc(Oc2ccc3ccccc3c2Br)n1. The summed E-state index contributed by atoms with van der Waals surface area (Å²) in [5.74, 6) is 1.30. The van der Waals surface area contributed by atoms with Gasteiger partial charge in [0.15, 0.2) is 0 Å². The molecule has 0 bridgehead atoms. The second kappa shape index (κ2) is 4.85. The first-order valence-electron chi connectivity index (χ1n) is 5.67. The van der Waals surface area contributed by atoms with Crippen molar-refractivity contribution in [3.05, 3.63) is 53.1 Å². The third-order valence-corrected chi connectivity index (χ3v) is 3.51. The first kappa shape index (κ1) is 11.9. The summed E-state index contributed by atoms with van der Waals surface area (Å²) in [6, 6.07) is 13.6. The fourth-order valence-corrected chi connectivity index (χ4v) is 2.39. The van der Waals surface area contributed by atoms with Crippen LogP contribution in [0.5, 0.6) is 11.6 Å². The van der Waals surface area contributed by atoms with Crippen molar-refractivity contribution in [1.82, 2.24) is 9.97 Å². The number of benzene rings is 2. The number of aromatic nitrogens is 2. The molecule has 0 spiro atoms. The van der Waals surface area contributed by atoms with Gasteiger partial charge in [-0.3, -0.25) is 0 Å². The lowest BCUT2D eigenvalue weighted by Gasteiger charge is -2.09. The van der Waals surface area contributed by atoms with E-state index in [0.29, 0.717) is 11.6 Å². The van der Waals surface area contributed by atoms with Crippen molar-refractivity contribution in [2.45, 2.75) is 0 Å². The van der Waals surface area contributed by atoms with E-state index in [2.05, 4.69) is 25.9 Å². The number of fused-ring (bicyclic) bond motifs is 1. The van der Waals surface area contributed by atoms with Crippen molar-refractivity contribution < 1.29 is 4.74 Å².